The van der Waals surface area contributed by atoms with Crippen LogP contribution in [0.15, 0.2) is 72.1 Å². The Labute approximate surface area is 145 Å². The van der Waals surface area contributed by atoms with Gasteiger partial charge in [0.05, 0.1) is 23.1 Å². The largest absolute Gasteiger partial charge is 0.258 e. The second-order valence-corrected chi connectivity index (χ2v) is 5.99. The highest BCUT2D eigenvalue weighted by Gasteiger charge is 2.31. The maximum atomic E-state index is 13.3. The number of halogens is 1. The van der Waals surface area contributed by atoms with Crippen molar-refractivity contribution in [3.63, 3.8) is 0 Å². The van der Waals surface area contributed by atoms with Crippen molar-refractivity contribution in [2.45, 2.75) is 19.4 Å². The lowest BCUT2D eigenvalue weighted by Gasteiger charge is -2.23. The van der Waals surface area contributed by atoms with Crippen molar-refractivity contribution in [1.29, 1.82) is 0 Å². The van der Waals surface area contributed by atoms with Gasteiger partial charge in [0.1, 0.15) is 11.5 Å². The predicted octanol–water partition coefficient (Wildman–Crippen LogP) is 4.28. The zero-order valence-electron chi connectivity index (χ0n) is 13.8. The van der Waals surface area contributed by atoms with Crippen LogP contribution in [-0.4, -0.2) is 15.7 Å². The number of nitrogens with zero attached hydrogens (tertiary/aromatic N) is 4. The van der Waals surface area contributed by atoms with Crippen LogP contribution in [0.1, 0.15) is 29.4 Å². The zero-order chi connectivity index (χ0) is 17.2. The van der Waals surface area contributed by atoms with Gasteiger partial charge in [-0.2, -0.15) is 5.10 Å². The van der Waals surface area contributed by atoms with Gasteiger partial charge >= 0.3 is 0 Å². The second-order valence-electron chi connectivity index (χ2n) is 5.99. The first kappa shape index (κ1) is 15.4. The van der Waals surface area contributed by atoms with Crippen LogP contribution in [0.2, 0.25) is 0 Å². The molecule has 4 nitrogen and oxygen atoms in total. The maximum absolute atomic E-state index is 13.3. The minimum atomic E-state index is -0.237. The molecule has 0 radical (unpaired) electrons. The fourth-order valence-electron chi connectivity index (χ4n) is 3.11. The number of benzene rings is 2. The first-order valence-corrected chi connectivity index (χ1v) is 8.17. The highest BCUT2D eigenvalue weighted by Crippen LogP contribution is 2.36. The normalized spacial score (nSPS) is 16.8. The van der Waals surface area contributed by atoms with Crippen LogP contribution >= 0.6 is 0 Å². The van der Waals surface area contributed by atoms with Gasteiger partial charge in [-0.25, -0.2) is 4.39 Å². The average Bonchev–Trinajstić information content (AvgIpc) is 3.08. The molecule has 1 aliphatic heterocycles. The Hall–Kier alpha value is -3.08. The third-order valence-corrected chi connectivity index (χ3v) is 4.34. The summed E-state index contributed by atoms with van der Waals surface area (Å²) in [6.45, 7) is 1.93. The van der Waals surface area contributed by atoms with E-state index in [0.717, 1.165) is 28.4 Å². The molecule has 0 saturated carbocycles. The van der Waals surface area contributed by atoms with Gasteiger partial charge < -0.3 is 0 Å². The van der Waals surface area contributed by atoms with Crippen molar-refractivity contribution in [3.05, 3.63) is 89.8 Å². The highest BCUT2D eigenvalue weighted by molar-refractivity contribution is 6.02. The van der Waals surface area contributed by atoms with Crippen molar-refractivity contribution in [3.8, 4) is 0 Å². The summed E-state index contributed by atoms with van der Waals surface area (Å²) in [5.41, 5.74) is 4.57. The molecule has 0 fully saturated rings. The van der Waals surface area contributed by atoms with E-state index in [0.29, 0.717) is 6.42 Å². The fourth-order valence-corrected chi connectivity index (χ4v) is 3.11. The summed E-state index contributed by atoms with van der Waals surface area (Å²) in [7, 11) is 0. The lowest BCUT2D eigenvalue weighted by molar-refractivity contribution is 0.624. The van der Waals surface area contributed by atoms with Crippen molar-refractivity contribution in [1.82, 2.24) is 9.97 Å². The fraction of sp³-hybridized carbons (Fsp3) is 0.150. The van der Waals surface area contributed by atoms with Crippen LogP contribution in [0.4, 0.5) is 10.1 Å². The number of hydrogen-bond acceptors (Lipinski definition) is 4. The predicted molar refractivity (Wildman–Crippen MR) is 96.0 cm³/mol. The third-order valence-electron chi connectivity index (χ3n) is 4.34. The molecule has 0 spiro atoms. The number of hydrogen-bond donors (Lipinski definition) is 0. The van der Waals surface area contributed by atoms with Crippen LogP contribution in [0.3, 0.4) is 0 Å². The number of anilines is 1. The van der Waals surface area contributed by atoms with Gasteiger partial charge in [0.15, 0.2) is 0 Å². The van der Waals surface area contributed by atoms with E-state index in [9.17, 15) is 4.39 Å². The van der Waals surface area contributed by atoms with E-state index in [-0.39, 0.29) is 11.9 Å². The molecule has 0 bridgehead atoms. The molecule has 2 heterocycles. The molecule has 25 heavy (non-hydrogen) atoms. The van der Waals surface area contributed by atoms with Gasteiger partial charge in [0.2, 0.25) is 0 Å². The molecule has 1 aliphatic rings. The summed E-state index contributed by atoms with van der Waals surface area (Å²) in [6, 6.07) is 16.6. The summed E-state index contributed by atoms with van der Waals surface area (Å²) < 4.78 is 13.3. The molecule has 1 unspecified atom stereocenters. The molecule has 0 N–H and O–H groups in total. The number of hydrazone groups is 1. The van der Waals surface area contributed by atoms with E-state index in [4.69, 9.17) is 5.10 Å². The van der Waals surface area contributed by atoms with Gasteiger partial charge in [-0.3, -0.25) is 15.0 Å². The van der Waals surface area contributed by atoms with E-state index in [1.165, 1.54) is 12.1 Å². The standard InChI is InChI=1S/C20H17FN4/c1-14-20(23-12-11-22-14)18-13-19(15-7-9-16(21)10-8-15)25(24-18)17-5-3-2-4-6-17/h2-12,19H,13H2,1H3. The maximum Gasteiger partial charge on any atom is 0.123 e. The number of rotatable bonds is 3. The first-order chi connectivity index (χ1) is 12.2. The van der Waals surface area contributed by atoms with Crippen molar-refractivity contribution in [2.75, 3.05) is 5.01 Å². The number of para-hydroxylation sites is 1. The highest BCUT2D eigenvalue weighted by atomic mass is 19.1. The van der Waals surface area contributed by atoms with Crippen molar-refractivity contribution >= 4 is 11.4 Å². The molecular formula is C20H17FN4. The van der Waals surface area contributed by atoms with E-state index >= 15 is 0 Å². The number of aromatic nitrogens is 2. The van der Waals surface area contributed by atoms with Crippen LogP contribution in [0.5, 0.6) is 0 Å². The average molecular weight is 332 g/mol. The molecule has 0 aliphatic carbocycles. The summed E-state index contributed by atoms with van der Waals surface area (Å²) >= 11 is 0. The molecule has 3 aromatic rings. The Kier molecular flexibility index (Phi) is 3.98. The Morgan fingerprint density at radius 1 is 0.960 bits per heavy atom. The van der Waals surface area contributed by atoms with E-state index < -0.39 is 0 Å². The molecular weight excluding hydrogens is 315 g/mol. The lowest BCUT2D eigenvalue weighted by atomic mass is 9.99. The smallest absolute Gasteiger partial charge is 0.123 e. The van der Waals surface area contributed by atoms with Gasteiger partial charge in [-0.05, 0) is 36.8 Å². The van der Waals surface area contributed by atoms with Crippen molar-refractivity contribution in [2.24, 2.45) is 5.10 Å². The Balaban J connectivity index is 1.77. The summed E-state index contributed by atoms with van der Waals surface area (Å²) in [4.78, 5) is 8.77. The third kappa shape index (κ3) is 3.01. The molecule has 5 heteroatoms. The van der Waals surface area contributed by atoms with Gasteiger partial charge in [0.25, 0.3) is 0 Å². The van der Waals surface area contributed by atoms with E-state index in [1.807, 2.05) is 54.4 Å². The van der Waals surface area contributed by atoms with Crippen LogP contribution in [-0.2, 0) is 0 Å². The summed E-state index contributed by atoms with van der Waals surface area (Å²) in [5, 5.41) is 6.81. The van der Waals surface area contributed by atoms with Crippen LogP contribution in [0.25, 0.3) is 0 Å². The minimum absolute atomic E-state index is 0.000550. The Morgan fingerprint density at radius 2 is 1.68 bits per heavy atom. The lowest BCUT2D eigenvalue weighted by Crippen LogP contribution is -2.18. The molecule has 124 valence electrons. The Bertz CT molecular complexity index is 906. The molecule has 0 saturated heterocycles. The zero-order valence-corrected chi connectivity index (χ0v) is 13.8. The number of aryl methyl sites for hydroxylation is 1. The van der Waals surface area contributed by atoms with E-state index in [1.54, 1.807) is 12.4 Å². The molecule has 1 atom stereocenters. The molecule has 4 rings (SSSR count). The first-order valence-electron chi connectivity index (χ1n) is 8.17. The van der Waals surface area contributed by atoms with E-state index in [2.05, 4.69) is 9.97 Å². The summed E-state index contributed by atoms with van der Waals surface area (Å²) in [5.74, 6) is -0.237. The molecule has 2 aromatic carbocycles. The minimum Gasteiger partial charge on any atom is -0.258 e. The van der Waals surface area contributed by atoms with Gasteiger partial charge in [-0.1, -0.05) is 30.3 Å². The van der Waals surface area contributed by atoms with Crippen molar-refractivity contribution < 1.29 is 4.39 Å². The van der Waals surface area contributed by atoms with Crippen LogP contribution in [0, 0.1) is 12.7 Å². The molecule has 1 aromatic heterocycles. The Morgan fingerprint density at radius 3 is 2.40 bits per heavy atom. The van der Waals surface area contributed by atoms with Gasteiger partial charge in [0, 0.05) is 18.8 Å². The topological polar surface area (TPSA) is 41.4 Å². The van der Waals surface area contributed by atoms with Gasteiger partial charge in [-0.15, -0.1) is 0 Å². The molecule has 0 amide bonds. The monoisotopic (exact) mass is 332 g/mol. The quantitative estimate of drug-likeness (QED) is 0.719. The van der Waals surface area contributed by atoms with Crippen LogP contribution < -0.4 is 5.01 Å². The SMILES string of the molecule is Cc1nccnc1C1=NN(c2ccccc2)C(c2ccc(F)cc2)C1. The summed E-state index contributed by atoms with van der Waals surface area (Å²) in [6.07, 6.45) is 4.06. The second kappa shape index (κ2) is 6.43.